The number of rotatable bonds is 4. The van der Waals surface area contributed by atoms with Crippen LogP contribution in [0.25, 0.3) is 0 Å². The van der Waals surface area contributed by atoms with Crippen LogP contribution in [-0.2, 0) is 13.1 Å². The molecule has 90 valence electrons. The summed E-state index contributed by atoms with van der Waals surface area (Å²) < 4.78 is 1.86. The molecule has 0 atom stereocenters. The molecule has 2 N–H and O–H groups in total. The van der Waals surface area contributed by atoms with E-state index >= 15 is 0 Å². The molecule has 1 heterocycles. The van der Waals surface area contributed by atoms with Crippen LogP contribution in [0.3, 0.4) is 0 Å². The molecule has 0 radical (unpaired) electrons. The Bertz CT molecular complexity index is 513. The molecular formula is C12H11Br2NOS. The van der Waals surface area contributed by atoms with Gasteiger partial charge in [0.2, 0.25) is 0 Å². The maximum Gasteiger partial charge on any atom is 0.129 e. The number of thiophene rings is 1. The van der Waals surface area contributed by atoms with Crippen LogP contribution in [-0.4, -0.2) is 5.11 Å². The van der Waals surface area contributed by atoms with Crippen molar-refractivity contribution < 1.29 is 5.11 Å². The molecule has 0 saturated carbocycles. The Hall–Kier alpha value is -0.360. The first-order chi connectivity index (χ1) is 8.15. The number of hydrogen-bond acceptors (Lipinski definition) is 3. The summed E-state index contributed by atoms with van der Waals surface area (Å²) in [6.07, 6.45) is 0. The summed E-state index contributed by atoms with van der Waals surface area (Å²) in [6, 6.07) is 7.65. The lowest BCUT2D eigenvalue weighted by molar-refractivity contribution is 0.471. The largest absolute Gasteiger partial charge is 0.507 e. The number of hydrogen-bond donors (Lipinski definition) is 2. The summed E-state index contributed by atoms with van der Waals surface area (Å²) in [5.41, 5.74) is 1.14. The molecule has 0 fully saturated rings. The van der Waals surface area contributed by atoms with Gasteiger partial charge in [-0.2, -0.15) is 0 Å². The van der Waals surface area contributed by atoms with Gasteiger partial charge in [0.25, 0.3) is 0 Å². The monoisotopic (exact) mass is 375 g/mol. The van der Waals surface area contributed by atoms with Gasteiger partial charge in [-0.1, -0.05) is 6.07 Å². The Morgan fingerprint density at radius 3 is 2.65 bits per heavy atom. The van der Waals surface area contributed by atoms with Gasteiger partial charge in [-0.3, -0.25) is 0 Å². The highest BCUT2D eigenvalue weighted by atomic mass is 79.9. The second-order valence-electron chi connectivity index (χ2n) is 3.62. The average Bonchev–Trinajstić information content (AvgIpc) is 2.70. The van der Waals surface area contributed by atoms with E-state index < -0.39 is 0 Å². The molecule has 17 heavy (non-hydrogen) atoms. The van der Waals surface area contributed by atoms with Gasteiger partial charge in [0, 0.05) is 27.8 Å². The van der Waals surface area contributed by atoms with Crippen molar-refractivity contribution in [3.63, 3.8) is 0 Å². The maximum absolute atomic E-state index is 9.38. The van der Waals surface area contributed by atoms with Crippen molar-refractivity contribution in [1.82, 2.24) is 5.32 Å². The van der Waals surface area contributed by atoms with Crippen LogP contribution in [0, 0.1) is 0 Å². The van der Waals surface area contributed by atoms with Crippen molar-refractivity contribution in [2.24, 2.45) is 0 Å². The minimum absolute atomic E-state index is 0.274. The normalized spacial score (nSPS) is 10.7. The standard InChI is InChI=1S/C12H11Br2NOS/c13-9-4-10(17-7-9)6-15-5-8-1-2-12(16)11(14)3-8/h1-4,7,15-16H,5-6H2. The molecular weight excluding hydrogens is 366 g/mol. The van der Waals surface area contributed by atoms with Gasteiger partial charge in [-0.25, -0.2) is 0 Å². The number of benzene rings is 1. The lowest BCUT2D eigenvalue weighted by Gasteiger charge is -2.05. The van der Waals surface area contributed by atoms with Crippen molar-refractivity contribution in [3.8, 4) is 5.75 Å². The SMILES string of the molecule is Oc1ccc(CNCc2cc(Br)cs2)cc1Br. The Morgan fingerprint density at radius 2 is 2.00 bits per heavy atom. The molecule has 2 nitrogen and oxygen atoms in total. The molecule has 0 amide bonds. The minimum Gasteiger partial charge on any atom is -0.507 e. The predicted octanol–water partition coefficient (Wildman–Crippen LogP) is 4.27. The first kappa shape index (κ1) is 13.1. The topological polar surface area (TPSA) is 32.3 Å². The van der Waals surface area contributed by atoms with Gasteiger partial charge in [0.05, 0.1) is 4.47 Å². The molecule has 0 aliphatic carbocycles. The second-order valence-corrected chi connectivity index (χ2v) is 6.39. The minimum atomic E-state index is 0.274. The average molecular weight is 377 g/mol. The van der Waals surface area contributed by atoms with E-state index in [1.54, 1.807) is 17.4 Å². The third kappa shape index (κ3) is 3.81. The smallest absolute Gasteiger partial charge is 0.129 e. The number of phenols is 1. The third-order valence-corrected chi connectivity index (χ3v) is 4.59. The van der Waals surface area contributed by atoms with Crippen molar-refractivity contribution in [2.45, 2.75) is 13.1 Å². The van der Waals surface area contributed by atoms with Crippen LogP contribution in [0.2, 0.25) is 0 Å². The zero-order valence-electron chi connectivity index (χ0n) is 8.91. The molecule has 2 aromatic rings. The van der Waals surface area contributed by atoms with E-state index in [9.17, 15) is 5.11 Å². The summed E-state index contributed by atoms with van der Waals surface area (Å²) in [5.74, 6) is 0.274. The van der Waals surface area contributed by atoms with E-state index in [1.165, 1.54) is 4.88 Å². The van der Waals surface area contributed by atoms with Gasteiger partial charge >= 0.3 is 0 Å². The Labute approximate surface area is 121 Å². The van der Waals surface area contributed by atoms with Crippen LogP contribution in [0.4, 0.5) is 0 Å². The van der Waals surface area contributed by atoms with Gasteiger partial charge in [0.1, 0.15) is 5.75 Å². The van der Waals surface area contributed by atoms with E-state index in [0.717, 1.165) is 27.6 Å². The lowest BCUT2D eigenvalue weighted by atomic mass is 10.2. The summed E-state index contributed by atoms with van der Waals surface area (Å²) in [4.78, 5) is 1.30. The molecule has 0 aliphatic heterocycles. The summed E-state index contributed by atoms with van der Waals surface area (Å²) in [7, 11) is 0. The van der Waals surface area contributed by atoms with Crippen molar-refractivity contribution in [1.29, 1.82) is 0 Å². The van der Waals surface area contributed by atoms with Gasteiger partial charge in [-0.05, 0) is 55.6 Å². The third-order valence-electron chi connectivity index (χ3n) is 2.26. The van der Waals surface area contributed by atoms with E-state index in [0.29, 0.717) is 0 Å². The van der Waals surface area contributed by atoms with Crippen molar-refractivity contribution in [2.75, 3.05) is 0 Å². The molecule has 0 spiro atoms. The highest BCUT2D eigenvalue weighted by molar-refractivity contribution is 9.10. The summed E-state index contributed by atoms with van der Waals surface area (Å²) in [5, 5.41) is 14.8. The fourth-order valence-corrected chi connectivity index (χ4v) is 3.28. The van der Waals surface area contributed by atoms with Crippen LogP contribution >= 0.6 is 43.2 Å². The quantitative estimate of drug-likeness (QED) is 0.835. The lowest BCUT2D eigenvalue weighted by Crippen LogP contribution is -2.11. The first-order valence-electron chi connectivity index (χ1n) is 5.06. The van der Waals surface area contributed by atoms with E-state index in [4.69, 9.17) is 0 Å². The number of aromatic hydroxyl groups is 1. The predicted molar refractivity (Wildman–Crippen MR) is 78.4 cm³/mol. The fourth-order valence-electron chi connectivity index (χ4n) is 1.44. The zero-order valence-corrected chi connectivity index (χ0v) is 12.9. The van der Waals surface area contributed by atoms with Crippen LogP contribution in [0.5, 0.6) is 5.75 Å². The maximum atomic E-state index is 9.38. The zero-order chi connectivity index (χ0) is 12.3. The first-order valence-corrected chi connectivity index (χ1v) is 7.53. The fraction of sp³-hybridized carbons (Fsp3) is 0.167. The van der Waals surface area contributed by atoms with Crippen LogP contribution < -0.4 is 5.32 Å². The molecule has 2 rings (SSSR count). The summed E-state index contributed by atoms with van der Waals surface area (Å²) in [6.45, 7) is 1.64. The second kappa shape index (κ2) is 6.00. The Balaban J connectivity index is 1.87. The molecule has 0 unspecified atom stereocenters. The Morgan fingerprint density at radius 1 is 1.18 bits per heavy atom. The van der Waals surface area contributed by atoms with Crippen LogP contribution in [0.15, 0.2) is 38.6 Å². The molecule has 5 heteroatoms. The van der Waals surface area contributed by atoms with Crippen molar-refractivity contribution in [3.05, 3.63) is 49.0 Å². The van der Waals surface area contributed by atoms with E-state index in [2.05, 4.69) is 48.6 Å². The summed E-state index contributed by atoms with van der Waals surface area (Å²) >= 11 is 8.47. The number of nitrogens with one attached hydrogen (secondary N) is 1. The van der Waals surface area contributed by atoms with E-state index in [1.807, 2.05) is 12.1 Å². The van der Waals surface area contributed by atoms with Crippen LogP contribution in [0.1, 0.15) is 10.4 Å². The molecule has 1 aromatic carbocycles. The number of phenolic OH excluding ortho intramolecular Hbond substituents is 1. The van der Waals surface area contributed by atoms with Gasteiger partial charge in [-0.15, -0.1) is 11.3 Å². The van der Waals surface area contributed by atoms with E-state index in [-0.39, 0.29) is 5.75 Å². The van der Waals surface area contributed by atoms with Gasteiger partial charge < -0.3 is 10.4 Å². The Kier molecular flexibility index (Phi) is 4.62. The molecule has 0 saturated heterocycles. The highest BCUT2D eigenvalue weighted by Gasteiger charge is 2.00. The molecule has 0 bridgehead atoms. The van der Waals surface area contributed by atoms with Gasteiger partial charge in [0.15, 0.2) is 0 Å². The molecule has 1 aromatic heterocycles. The molecule has 0 aliphatic rings. The highest BCUT2D eigenvalue weighted by Crippen LogP contribution is 2.24. The number of halogens is 2. The van der Waals surface area contributed by atoms with Crippen molar-refractivity contribution >= 4 is 43.2 Å².